The molecule has 1 aromatic rings. The molecule has 1 amide bonds. The van der Waals surface area contributed by atoms with Gasteiger partial charge in [-0.2, -0.15) is 0 Å². The summed E-state index contributed by atoms with van der Waals surface area (Å²) >= 11 is 0. The fraction of sp³-hybridized carbons (Fsp3) is 0.273. The number of carbonyl (C=O) groups excluding carboxylic acids is 1. The summed E-state index contributed by atoms with van der Waals surface area (Å²) in [6.45, 7) is 4.00. The Balaban J connectivity index is 0.000000921. The second kappa shape index (κ2) is 6.59. The molecule has 0 aromatic heterocycles. The summed E-state index contributed by atoms with van der Waals surface area (Å²) in [6.07, 6.45) is -0.0752. The first-order chi connectivity index (χ1) is 7.11. The van der Waals surface area contributed by atoms with Crippen LogP contribution in [0.25, 0.3) is 0 Å². The highest BCUT2D eigenvalue weighted by Crippen LogP contribution is 2.12. The lowest BCUT2D eigenvalue weighted by Crippen LogP contribution is -2.17. The molecule has 0 aliphatic heterocycles. The summed E-state index contributed by atoms with van der Waals surface area (Å²) in [5.74, 6) is -0.520. The molecule has 0 unspecified atom stereocenters. The van der Waals surface area contributed by atoms with Gasteiger partial charge < -0.3 is 16.9 Å². The minimum Gasteiger partial charge on any atom is -0.398 e. The molecule has 1 aromatic carbocycles. The topological polar surface area (TPSA) is 93.0 Å². The zero-order valence-corrected chi connectivity index (χ0v) is 9.08. The first kappa shape index (κ1) is 13.2. The predicted molar refractivity (Wildman–Crippen MR) is 62.8 cm³/mol. The number of nitrogen functional groups attached to an aromatic ring is 1. The molecule has 0 radical (unpaired) electrons. The standard InChI is InChI=1S/C9H11N3O.C2H6/c10-7-4-2-1-3-6(7)8(11)5-9(12)13;1-2/h1-4,11H,5,10H2,(H2,12,13);1-2H3. The molecule has 0 heterocycles. The maximum Gasteiger partial charge on any atom is 0.223 e. The number of nitrogens with one attached hydrogen (secondary N) is 1. The lowest BCUT2D eigenvalue weighted by atomic mass is 10.1. The maximum absolute atomic E-state index is 10.5. The van der Waals surface area contributed by atoms with Crippen LogP contribution in [0.15, 0.2) is 24.3 Å². The molecule has 4 heteroatoms. The van der Waals surface area contributed by atoms with Crippen LogP contribution in [0.4, 0.5) is 5.69 Å². The zero-order chi connectivity index (χ0) is 11.8. The second-order valence-corrected chi connectivity index (χ2v) is 2.71. The van der Waals surface area contributed by atoms with Crippen molar-refractivity contribution < 1.29 is 4.79 Å². The Bertz CT molecular complexity index is 347. The fourth-order valence-corrected chi connectivity index (χ4v) is 1.04. The van der Waals surface area contributed by atoms with Crippen LogP contribution >= 0.6 is 0 Å². The van der Waals surface area contributed by atoms with Gasteiger partial charge in [0, 0.05) is 17.0 Å². The molecule has 15 heavy (non-hydrogen) atoms. The Morgan fingerprint density at radius 2 is 1.87 bits per heavy atom. The summed E-state index contributed by atoms with van der Waals surface area (Å²) in [5, 5.41) is 7.52. The van der Waals surface area contributed by atoms with Crippen LogP contribution in [-0.4, -0.2) is 11.6 Å². The van der Waals surface area contributed by atoms with Gasteiger partial charge in [0.1, 0.15) is 0 Å². The van der Waals surface area contributed by atoms with E-state index in [1.807, 2.05) is 13.8 Å². The van der Waals surface area contributed by atoms with Gasteiger partial charge in [-0.15, -0.1) is 0 Å². The van der Waals surface area contributed by atoms with E-state index in [0.29, 0.717) is 11.3 Å². The van der Waals surface area contributed by atoms with Crippen molar-refractivity contribution in [3.05, 3.63) is 29.8 Å². The van der Waals surface area contributed by atoms with Crippen molar-refractivity contribution in [2.24, 2.45) is 5.73 Å². The maximum atomic E-state index is 10.5. The number of primary amides is 1. The average Bonchev–Trinajstić information content (AvgIpc) is 2.20. The molecule has 4 nitrogen and oxygen atoms in total. The van der Waals surface area contributed by atoms with Gasteiger partial charge in [0.05, 0.1) is 6.42 Å². The Labute approximate surface area is 89.8 Å². The minimum absolute atomic E-state index is 0.0752. The van der Waals surface area contributed by atoms with Crippen molar-refractivity contribution in [1.82, 2.24) is 0 Å². The van der Waals surface area contributed by atoms with E-state index >= 15 is 0 Å². The van der Waals surface area contributed by atoms with Crippen molar-refractivity contribution in [3.8, 4) is 0 Å². The molecule has 0 aliphatic rings. The van der Waals surface area contributed by atoms with Gasteiger partial charge in [-0.1, -0.05) is 32.0 Å². The highest BCUT2D eigenvalue weighted by atomic mass is 16.1. The average molecular weight is 207 g/mol. The Morgan fingerprint density at radius 3 is 2.33 bits per heavy atom. The number of carbonyl (C=O) groups is 1. The van der Waals surface area contributed by atoms with E-state index in [4.69, 9.17) is 16.9 Å². The van der Waals surface area contributed by atoms with Crippen LogP contribution in [0.3, 0.4) is 0 Å². The Hall–Kier alpha value is -1.84. The third-order valence-electron chi connectivity index (χ3n) is 1.64. The lowest BCUT2D eigenvalue weighted by Gasteiger charge is -2.04. The Morgan fingerprint density at radius 1 is 1.33 bits per heavy atom. The van der Waals surface area contributed by atoms with Crippen molar-refractivity contribution in [3.63, 3.8) is 0 Å². The molecule has 0 saturated heterocycles. The van der Waals surface area contributed by atoms with Crippen LogP contribution in [0.2, 0.25) is 0 Å². The van der Waals surface area contributed by atoms with E-state index in [1.165, 1.54) is 0 Å². The number of hydrogen-bond acceptors (Lipinski definition) is 3. The first-order valence-electron chi connectivity index (χ1n) is 4.82. The molecule has 0 saturated carbocycles. The van der Waals surface area contributed by atoms with Crippen LogP contribution in [0.1, 0.15) is 25.8 Å². The summed E-state index contributed by atoms with van der Waals surface area (Å²) < 4.78 is 0. The Kier molecular flexibility index (Phi) is 5.78. The van der Waals surface area contributed by atoms with E-state index < -0.39 is 5.91 Å². The van der Waals surface area contributed by atoms with Gasteiger partial charge in [-0.3, -0.25) is 4.79 Å². The van der Waals surface area contributed by atoms with Gasteiger partial charge in [0.15, 0.2) is 0 Å². The summed E-state index contributed by atoms with van der Waals surface area (Å²) in [4.78, 5) is 10.5. The molecule has 82 valence electrons. The van der Waals surface area contributed by atoms with E-state index in [1.54, 1.807) is 24.3 Å². The lowest BCUT2D eigenvalue weighted by molar-refractivity contribution is -0.116. The van der Waals surface area contributed by atoms with Gasteiger partial charge in [0.2, 0.25) is 5.91 Å². The van der Waals surface area contributed by atoms with Crippen molar-refractivity contribution >= 4 is 17.3 Å². The number of nitrogens with two attached hydrogens (primary N) is 2. The molecule has 0 fully saturated rings. The van der Waals surface area contributed by atoms with E-state index in [0.717, 1.165) is 0 Å². The molecule has 0 spiro atoms. The van der Waals surface area contributed by atoms with Gasteiger partial charge in [0.25, 0.3) is 0 Å². The number of para-hydroxylation sites is 1. The fourth-order valence-electron chi connectivity index (χ4n) is 1.04. The molecule has 0 atom stereocenters. The minimum atomic E-state index is -0.520. The normalized spacial score (nSPS) is 8.67. The largest absolute Gasteiger partial charge is 0.398 e. The van der Waals surface area contributed by atoms with E-state index in [2.05, 4.69) is 0 Å². The highest BCUT2D eigenvalue weighted by Gasteiger charge is 2.07. The van der Waals surface area contributed by atoms with Crippen molar-refractivity contribution in [2.75, 3.05) is 5.73 Å². The van der Waals surface area contributed by atoms with Gasteiger partial charge in [-0.25, -0.2) is 0 Å². The van der Waals surface area contributed by atoms with Crippen LogP contribution in [0.5, 0.6) is 0 Å². The monoisotopic (exact) mass is 207 g/mol. The SMILES string of the molecule is CC.N=C(CC(N)=O)c1ccccc1N. The summed E-state index contributed by atoms with van der Waals surface area (Å²) in [5.41, 5.74) is 11.8. The third-order valence-corrected chi connectivity index (χ3v) is 1.64. The van der Waals surface area contributed by atoms with Crippen molar-refractivity contribution in [2.45, 2.75) is 20.3 Å². The third kappa shape index (κ3) is 4.26. The smallest absolute Gasteiger partial charge is 0.223 e. The second-order valence-electron chi connectivity index (χ2n) is 2.71. The first-order valence-corrected chi connectivity index (χ1v) is 4.82. The number of benzene rings is 1. The van der Waals surface area contributed by atoms with E-state index in [-0.39, 0.29) is 12.1 Å². The summed E-state index contributed by atoms with van der Waals surface area (Å²) in [7, 11) is 0. The van der Waals surface area contributed by atoms with Gasteiger partial charge in [-0.05, 0) is 6.07 Å². The summed E-state index contributed by atoms with van der Waals surface area (Å²) in [6, 6.07) is 6.92. The molecular weight excluding hydrogens is 190 g/mol. The van der Waals surface area contributed by atoms with Crippen molar-refractivity contribution in [1.29, 1.82) is 5.41 Å². The molecule has 1 rings (SSSR count). The van der Waals surface area contributed by atoms with Crippen LogP contribution < -0.4 is 11.5 Å². The molecule has 0 bridgehead atoms. The van der Waals surface area contributed by atoms with Crippen LogP contribution in [0, 0.1) is 5.41 Å². The number of hydrogen-bond donors (Lipinski definition) is 3. The highest BCUT2D eigenvalue weighted by molar-refractivity contribution is 6.11. The van der Waals surface area contributed by atoms with Gasteiger partial charge >= 0.3 is 0 Å². The number of anilines is 1. The number of rotatable bonds is 3. The zero-order valence-electron chi connectivity index (χ0n) is 9.08. The molecule has 0 aliphatic carbocycles. The van der Waals surface area contributed by atoms with Crippen LogP contribution in [-0.2, 0) is 4.79 Å². The molecular formula is C11H17N3O. The quantitative estimate of drug-likeness (QED) is 0.518. The number of amides is 1. The van der Waals surface area contributed by atoms with E-state index in [9.17, 15) is 4.79 Å². The predicted octanol–water partition coefficient (Wildman–Crippen LogP) is 1.54. The molecule has 5 N–H and O–H groups in total.